The molecule has 0 aliphatic heterocycles. The molecule has 0 amide bonds. The Labute approximate surface area is 168 Å². The summed E-state index contributed by atoms with van der Waals surface area (Å²) in [5.74, 6) is 0.642. The first-order valence-corrected chi connectivity index (χ1v) is 9.94. The number of aryl methyl sites for hydroxylation is 1. The molecule has 2 nitrogen and oxygen atoms in total. The number of aromatic amines is 1. The van der Waals surface area contributed by atoms with Crippen LogP contribution < -0.4 is 4.74 Å². The first kappa shape index (κ1) is 19.6. The highest BCUT2D eigenvalue weighted by molar-refractivity contribution is 5.87. The van der Waals surface area contributed by atoms with E-state index in [0.29, 0.717) is 16.9 Å². The lowest BCUT2D eigenvalue weighted by Crippen LogP contribution is -2.12. The number of hydrogen-bond donors (Lipinski definition) is 1. The van der Waals surface area contributed by atoms with E-state index in [9.17, 15) is 13.2 Å². The summed E-state index contributed by atoms with van der Waals surface area (Å²) in [7, 11) is 0. The minimum Gasteiger partial charge on any atom is -0.489 e. The quantitative estimate of drug-likeness (QED) is 0.476. The summed E-state index contributed by atoms with van der Waals surface area (Å²) in [6, 6.07) is 10.3. The summed E-state index contributed by atoms with van der Waals surface area (Å²) >= 11 is 0. The number of benzene rings is 2. The summed E-state index contributed by atoms with van der Waals surface area (Å²) in [6.07, 6.45) is 1.09. The molecule has 3 aromatic rings. The van der Waals surface area contributed by atoms with Gasteiger partial charge in [0.25, 0.3) is 0 Å². The molecule has 0 bridgehead atoms. The van der Waals surface area contributed by atoms with E-state index in [-0.39, 0.29) is 12.5 Å². The molecule has 1 aliphatic carbocycles. The molecule has 0 spiro atoms. The molecule has 29 heavy (non-hydrogen) atoms. The minimum absolute atomic E-state index is 0.0135. The molecule has 1 aromatic heterocycles. The molecular formula is C24H24F3NO. The van der Waals surface area contributed by atoms with Crippen molar-refractivity contribution >= 4 is 17.0 Å². The molecule has 1 aliphatic rings. The number of halogens is 3. The average molecular weight is 399 g/mol. The maximum absolute atomic E-state index is 13.6. The Morgan fingerprint density at radius 2 is 1.90 bits per heavy atom. The van der Waals surface area contributed by atoms with Gasteiger partial charge in [0.15, 0.2) is 0 Å². The smallest absolute Gasteiger partial charge is 0.416 e. The predicted molar refractivity (Wildman–Crippen MR) is 110 cm³/mol. The van der Waals surface area contributed by atoms with Crippen LogP contribution >= 0.6 is 0 Å². The molecule has 1 fully saturated rings. The fraction of sp³-hybridized carbons (Fsp3) is 0.333. The van der Waals surface area contributed by atoms with E-state index in [1.165, 1.54) is 6.07 Å². The zero-order valence-electron chi connectivity index (χ0n) is 16.4. The van der Waals surface area contributed by atoms with Gasteiger partial charge in [0.05, 0.1) is 5.56 Å². The summed E-state index contributed by atoms with van der Waals surface area (Å²) < 4.78 is 46.8. The highest BCUT2D eigenvalue weighted by Gasteiger charge is 2.36. The fourth-order valence-corrected chi connectivity index (χ4v) is 4.32. The van der Waals surface area contributed by atoms with Crippen molar-refractivity contribution in [1.29, 1.82) is 0 Å². The van der Waals surface area contributed by atoms with E-state index in [2.05, 4.69) is 11.6 Å². The van der Waals surface area contributed by atoms with Gasteiger partial charge in [0.2, 0.25) is 0 Å². The van der Waals surface area contributed by atoms with Crippen molar-refractivity contribution in [2.24, 2.45) is 0 Å². The van der Waals surface area contributed by atoms with Gasteiger partial charge in [-0.1, -0.05) is 31.6 Å². The molecule has 1 saturated carbocycles. The van der Waals surface area contributed by atoms with E-state index < -0.39 is 11.7 Å². The summed E-state index contributed by atoms with van der Waals surface area (Å²) in [5.41, 5.74) is 3.44. The van der Waals surface area contributed by atoms with E-state index in [0.717, 1.165) is 47.8 Å². The second kappa shape index (κ2) is 7.62. The second-order valence-electron chi connectivity index (χ2n) is 7.76. The zero-order chi connectivity index (χ0) is 20.6. The number of H-pyrrole nitrogens is 1. The fourth-order valence-electron chi connectivity index (χ4n) is 4.32. The van der Waals surface area contributed by atoms with Crippen molar-refractivity contribution in [3.05, 3.63) is 70.9 Å². The molecule has 0 unspecified atom stereocenters. The number of hydrogen-bond acceptors (Lipinski definition) is 1. The van der Waals surface area contributed by atoms with Gasteiger partial charge in [-0.25, -0.2) is 0 Å². The standard InChI is InChI=1S/C24H24F3NO/c1-3-22-15(2)20-13-18(9-11-23(20)28-22)29-14-16-8-10-19(17-6-4-5-7-17)21(12-16)24(25,26)27/h3,8-13,17,28H,1,4-7,14H2,2H3. The van der Waals surface area contributed by atoms with Gasteiger partial charge in [-0.05, 0) is 72.7 Å². The third-order valence-electron chi connectivity index (χ3n) is 5.90. The molecule has 0 atom stereocenters. The second-order valence-corrected chi connectivity index (χ2v) is 7.76. The number of aromatic nitrogens is 1. The van der Waals surface area contributed by atoms with Gasteiger partial charge in [-0.2, -0.15) is 13.2 Å². The van der Waals surface area contributed by atoms with Crippen LogP contribution in [0.2, 0.25) is 0 Å². The topological polar surface area (TPSA) is 25.0 Å². The van der Waals surface area contributed by atoms with Crippen LogP contribution in [0.25, 0.3) is 17.0 Å². The van der Waals surface area contributed by atoms with Crippen LogP contribution in [0.5, 0.6) is 5.75 Å². The largest absolute Gasteiger partial charge is 0.489 e. The van der Waals surface area contributed by atoms with Gasteiger partial charge >= 0.3 is 6.18 Å². The van der Waals surface area contributed by atoms with Crippen LogP contribution in [0.3, 0.4) is 0 Å². The number of ether oxygens (including phenoxy) is 1. The van der Waals surface area contributed by atoms with Gasteiger partial charge in [0.1, 0.15) is 12.4 Å². The Morgan fingerprint density at radius 3 is 2.59 bits per heavy atom. The lowest BCUT2D eigenvalue weighted by atomic mass is 9.91. The lowest BCUT2D eigenvalue weighted by Gasteiger charge is -2.19. The average Bonchev–Trinajstić information content (AvgIpc) is 3.34. The molecule has 4 rings (SSSR count). The van der Waals surface area contributed by atoms with Crippen LogP contribution in [0.1, 0.15) is 59.5 Å². The molecule has 152 valence electrons. The number of rotatable bonds is 5. The molecule has 0 saturated heterocycles. The van der Waals surface area contributed by atoms with E-state index >= 15 is 0 Å². The summed E-state index contributed by atoms with van der Waals surface area (Å²) in [5, 5.41) is 1.02. The monoisotopic (exact) mass is 399 g/mol. The Kier molecular flexibility index (Phi) is 5.15. The predicted octanol–water partition coefficient (Wildman–Crippen LogP) is 7.37. The number of alkyl halides is 3. The van der Waals surface area contributed by atoms with Gasteiger partial charge in [-0.3, -0.25) is 0 Å². The van der Waals surface area contributed by atoms with Crippen LogP contribution in [0.15, 0.2) is 43.0 Å². The number of nitrogens with one attached hydrogen (secondary N) is 1. The molecule has 2 aromatic carbocycles. The van der Waals surface area contributed by atoms with Crippen molar-refractivity contribution in [2.45, 2.75) is 51.3 Å². The highest BCUT2D eigenvalue weighted by atomic mass is 19.4. The van der Waals surface area contributed by atoms with E-state index in [1.54, 1.807) is 18.2 Å². The van der Waals surface area contributed by atoms with Crippen LogP contribution in [0.4, 0.5) is 13.2 Å². The van der Waals surface area contributed by atoms with Gasteiger partial charge in [0, 0.05) is 16.6 Å². The van der Waals surface area contributed by atoms with E-state index in [1.807, 2.05) is 25.1 Å². The first-order chi connectivity index (χ1) is 13.9. The normalized spacial score (nSPS) is 15.2. The molecule has 5 heteroatoms. The Balaban J connectivity index is 1.57. The maximum atomic E-state index is 13.6. The Bertz CT molecular complexity index is 1040. The molecular weight excluding hydrogens is 375 g/mol. The zero-order valence-corrected chi connectivity index (χ0v) is 16.4. The minimum atomic E-state index is -4.35. The Morgan fingerprint density at radius 1 is 1.14 bits per heavy atom. The third kappa shape index (κ3) is 3.91. The number of fused-ring (bicyclic) bond motifs is 1. The van der Waals surface area contributed by atoms with Crippen molar-refractivity contribution in [1.82, 2.24) is 4.98 Å². The highest BCUT2D eigenvalue weighted by Crippen LogP contribution is 2.42. The molecule has 1 heterocycles. The van der Waals surface area contributed by atoms with Crippen LogP contribution in [-0.4, -0.2) is 4.98 Å². The summed E-state index contributed by atoms with van der Waals surface area (Å²) in [6.45, 7) is 5.89. The first-order valence-electron chi connectivity index (χ1n) is 9.94. The van der Waals surface area contributed by atoms with E-state index in [4.69, 9.17) is 4.74 Å². The van der Waals surface area contributed by atoms with Crippen LogP contribution in [0, 0.1) is 6.92 Å². The van der Waals surface area contributed by atoms with Crippen molar-refractivity contribution in [3.8, 4) is 5.75 Å². The summed E-state index contributed by atoms with van der Waals surface area (Å²) in [4.78, 5) is 3.27. The van der Waals surface area contributed by atoms with Crippen molar-refractivity contribution < 1.29 is 17.9 Å². The van der Waals surface area contributed by atoms with Crippen molar-refractivity contribution in [3.63, 3.8) is 0 Å². The van der Waals surface area contributed by atoms with Gasteiger partial charge in [-0.15, -0.1) is 0 Å². The van der Waals surface area contributed by atoms with Crippen LogP contribution in [-0.2, 0) is 12.8 Å². The SMILES string of the molecule is C=Cc1[nH]c2ccc(OCc3ccc(C4CCCC4)c(C(F)(F)F)c3)cc2c1C. The van der Waals surface area contributed by atoms with Crippen molar-refractivity contribution in [2.75, 3.05) is 0 Å². The third-order valence-corrected chi connectivity index (χ3v) is 5.90. The Hall–Kier alpha value is -2.69. The molecule has 0 radical (unpaired) electrons. The lowest BCUT2D eigenvalue weighted by molar-refractivity contribution is -0.138. The van der Waals surface area contributed by atoms with Gasteiger partial charge < -0.3 is 9.72 Å². The molecule has 1 N–H and O–H groups in total. The maximum Gasteiger partial charge on any atom is 0.416 e.